The Labute approximate surface area is 159 Å². The Morgan fingerprint density at radius 3 is 2.33 bits per heavy atom. The van der Waals surface area contributed by atoms with Gasteiger partial charge in [0.25, 0.3) is 11.8 Å². The molecule has 27 heavy (non-hydrogen) atoms. The molecular formula is C19H16ClF2N3O2. The van der Waals surface area contributed by atoms with Crippen LogP contribution < -0.4 is 10.6 Å². The summed E-state index contributed by atoms with van der Waals surface area (Å²) in [5.41, 5.74) is 0.0821. The van der Waals surface area contributed by atoms with Gasteiger partial charge in [-0.1, -0.05) is 11.6 Å². The molecule has 0 aliphatic carbocycles. The first-order valence-electron chi connectivity index (χ1n) is 8.51. The van der Waals surface area contributed by atoms with Gasteiger partial charge >= 0.3 is 0 Å². The second-order valence-corrected chi connectivity index (χ2v) is 7.21. The summed E-state index contributed by atoms with van der Waals surface area (Å²) in [6.45, 7) is 0.821. The van der Waals surface area contributed by atoms with Crippen molar-refractivity contribution >= 4 is 29.1 Å². The minimum atomic E-state index is -1.06. The summed E-state index contributed by atoms with van der Waals surface area (Å²) in [5, 5.41) is 6.53. The largest absolute Gasteiger partial charge is 0.362 e. The van der Waals surface area contributed by atoms with Crippen molar-refractivity contribution < 1.29 is 18.4 Å². The van der Waals surface area contributed by atoms with Gasteiger partial charge in [0.05, 0.1) is 11.3 Å². The van der Waals surface area contributed by atoms with E-state index < -0.39 is 23.2 Å². The number of nitrogens with zero attached hydrogens (tertiary/aromatic N) is 1. The van der Waals surface area contributed by atoms with Crippen LogP contribution in [0.1, 0.15) is 33.6 Å². The summed E-state index contributed by atoms with van der Waals surface area (Å²) >= 11 is 5.85. The van der Waals surface area contributed by atoms with Gasteiger partial charge in [0, 0.05) is 42.6 Å². The Morgan fingerprint density at radius 2 is 1.67 bits per heavy atom. The zero-order chi connectivity index (χ0) is 19.2. The molecule has 2 aliphatic rings. The van der Waals surface area contributed by atoms with Gasteiger partial charge in [0.2, 0.25) is 0 Å². The maximum atomic E-state index is 13.6. The lowest BCUT2D eigenvalue weighted by Crippen LogP contribution is -2.62. The van der Waals surface area contributed by atoms with E-state index in [9.17, 15) is 18.4 Å². The highest BCUT2D eigenvalue weighted by Gasteiger charge is 2.41. The zero-order valence-electron chi connectivity index (χ0n) is 14.2. The number of amides is 2. The molecule has 2 aromatic rings. The number of likely N-dealkylation sites (tertiary alicyclic amines) is 1. The van der Waals surface area contributed by atoms with E-state index in [1.165, 1.54) is 0 Å². The van der Waals surface area contributed by atoms with Crippen LogP contribution in [0.2, 0.25) is 5.02 Å². The molecule has 2 heterocycles. The molecule has 0 aromatic heterocycles. The van der Waals surface area contributed by atoms with Gasteiger partial charge in [-0.05, 0) is 30.3 Å². The van der Waals surface area contributed by atoms with Crippen molar-refractivity contribution in [2.45, 2.75) is 18.5 Å². The Hall–Kier alpha value is -2.67. The molecule has 1 fully saturated rings. The van der Waals surface area contributed by atoms with Gasteiger partial charge in [-0.2, -0.15) is 0 Å². The summed E-state index contributed by atoms with van der Waals surface area (Å²) in [6.07, 6.45) is 0.882. The SMILES string of the molecule is O=C1NC2(CCN(C(=O)c3ccc(Cl)cc3)CC2)Nc2cc(F)c(F)cc21. The third-order valence-corrected chi connectivity index (χ3v) is 5.28. The first kappa shape index (κ1) is 17.7. The van der Waals surface area contributed by atoms with Gasteiger partial charge in [-0.15, -0.1) is 0 Å². The fraction of sp³-hybridized carbons (Fsp3) is 0.263. The molecule has 5 nitrogen and oxygen atoms in total. The number of piperidine rings is 1. The Kier molecular flexibility index (Phi) is 4.26. The average Bonchev–Trinajstić information content (AvgIpc) is 2.64. The molecule has 140 valence electrons. The van der Waals surface area contributed by atoms with Crippen LogP contribution in [0.15, 0.2) is 36.4 Å². The van der Waals surface area contributed by atoms with E-state index in [2.05, 4.69) is 10.6 Å². The molecule has 2 amide bonds. The van der Waals surface area contributed by atoms with Crippen molar-refractivity contribution in [3.63, 3.8) is 0 Å². The lowest BCUT2D eigenvalue weighted by Gasteiger charge is -2.45. The summed E-state index contributed by atoms with van der Waals surface area (Å²) in [6, 6.07) is 8.55. The second kappa shape index (κ2) is 6.49. The molecule has 0 radical (unpaired) electrons. The molecule has 1 saturated heterocycles. The standard InChI is InChI=1S/C19H16ClF2N3O2/c20-12-3-1-11(2-4-12)18(27)25-7-5-19(6-8-25)23-16-10-15(22)14(21)9-13(16)17(26)24-19/h1-4,9-10,23H,5-8H2,(H,24,26). The fourth-order valence-electron chi connectivity index (χ4n) is 3.53. The van der Waals surface area contributed by atoms with E-state index in [4.69, 9.17) is 11.6 Å². The molecule has 0 atom stereocenters. The highest BCUT2D eigenvalue weighted by molar-refractivity contribution is 6.30. The Bertz CT molecular complexity index is 925. The van der Waals surface area contributed by atoms with Crippen molar-refractivity contribution in [3.8, 4) is 0 Å². The number of anilines is 1. The Morgan fingerprint density at radius 1 is 1.04 bits per heavy atom. The van der Waals surface area contributed by atoms with E-state index in [1.54, 1.807) is 29.2 Å². The Balaban J connectivity index is 1.50. The molecule has 0 saturated carbocycles. The van der Waals surface area contributed by atoms with Crippen molar-refractivity contribution in [1.82, 2.24) is 10.2 Å². The van der Waals surface area contributed by atoms with Crippen LogP contribution in [-0.2, 0) is 0 Å². The van der Waals surface area contributed by atoms with Gasteiger partial charge in [-0.3, -0.25) is 9.59 Å². The maximum absolute atomic E-state index is 13.6. The van der Waals surface area contributed by atoms with Crippen molar-refractivity contribution in [1.29, 1.82) is 0 Å². The molecule has 4 rings (SSSR count). The number of fused-ring (bicyclic) bond motifs is 1. The number of carbonyl (C=O) groups excluding carboxylic acids is 2. The third kappa shape index (κ3) is 3.23. The summed E-state index contributed by atoms with van der Waals surface area (Å²) in [5.74, 6) is -2.65. The number of hydrogen-bond acceptors (Lipinski definition) is 3. The number of benzene rings is 2. The first-order chi connectivity index (χ1) is 12.9. The molecule has 2 aromatic carbocycles. The number of rotatable bonds is 1. The van der Waals surface area contributed by atoms with Crippen molar-refractivity contribution in [3.05, 3.63) is 64.2 Å². The maximum Gasteiger partial charge on any atom is 0.255 e. The summed E-state index contributed by atoms with van der Waals surface area (Å²) in [7, 11) is 0. The van der Waals surface area contributed by atoms with Gasteiger partial charge in [-0.25, -0.2) is 8.78 Å². The van der Waals surface area contributed by atoms with Crippen LogP contribution >= 0.6 is 11.6 Å². The molecular weight excluding hydrogens is 376 g/mol. The number of nitrogens with one attached hydrogen (secondary N) is 2. The normalized spacial score (nSPS) is 17.9. The highest BCUT2D eigenvalue weighted by Crippen LogP contribution is 2.33. The van der Waals surface area contributed by atoms with Gasteiger partial charge < -0.3 is 15.5 Å². The van der Waals surface area contributed by atoms with Crippen LogP contribution in [0, 0.1) is 11.6 Å². The predicted octanol–water partition coefficient (Wildman–Crippen LogP) is 3.41. The smallest absolute Gasteiger partial charge is 0.255 e. The minimum Gasteiger partial charge on any atom is -0.362 e. The minimum absolute atomic E-state index is 0.0687. The lowest BCUT2D eigenvalue weighted by atomic mass is 9.92. The number of carbonyl (C=O) groups is 2. The fourth-order valence-corrected chi connectivity index (χ4v) is 3.65. The van der Waals surface area contributed by atoms with Crippen molar-refractivity contribution in [2.75, 3.05) is 18.4 Å². The zero-order valence-corrected chi connectivity index (χ0v) is 14.9. The topological polar surface area (TPSA) is 61.4 Å². The second-order valence-electron chi connectivity index (χ2n) is 6.77. The van der Waals surface area contributed by atoms with Gasteiger partial charge in [0.1, 0.15) is 5.66 Å². The van der Waals surface area contributed by atoms with Crippen LogP contribution in [0.5, 0.6) is 0 Å². The van der Waals surface area contributed by atoms with E-state index in [0.29, 0.717) is 36.5 Å². The van der Waals surface area contributed by atoms with E-state index >= 15 is 0 Å². The van der Waals surface area contributed by atoms with E-state index in [0.717, 1.165) is 12.1 Å². The number of hydrogen-bond donors (Lipinski definition) is 2. The highest BCUT2D eigenvalue weighted by atomic mass is 35.5. The summed E-state index contributed by atoms with van der Waals surface area (Å²) < 4.78 is 27.0. The molecule has 0 unspecified atom stereocenters. The predicted molar refractivity (Wildman–Crippen MR) is 96.8 cm³/mol. The molecule has 2 aliphatic heterocycles. The molecule has 1 spiro atoms. The average molecular weight is 392 g/mol. The van der Waals surface area contributed by atoms with Crippen LogP contribution in [0.3, 0.4) is 0 Å². The van der Waals surface area contributed by atoms with Crippen LogP contribution in [0.4, 0.5) is 14.5 Å². The first-order valence-corrected chi connectivity index (χ1v) is 8.89. The lowest BCUT2D eigenvalue weighted by molar-refractivity contribution is 0.0639. The van der Waals surface area contributed by atoms with Crippen LogP contribution in [0.25, 0.3) is 0 Å². The number of halogens is 3. The van der Waals surface area contributed by atoms with Crippen molar-refractivity contribution in [2.24, 2.45) is 0 Å². The van der Waals surface area contributed by atoms with E-state index in [-0.39, 0.29) is 17.2 Å². The molecule has 2 N–H and O–H groups in total. The molecule has 8 heteroatoms. The van der Waals surface area contributed by atoms with Crippen LogP contribution in [-0.4, -0.2) is 35.5 Å². The van der Waals surface area contributed by atoms with Gasteiger partial charge in [0.15, 0.2) is 11.6 Å². The van der Waals surface area contributed by atoms with E-state index in [1.807, 2.05) is 0 Å². The summed E-state index contributed by atoms with van der Waals surface area (Å²) in [4.78, 5) is 26.7. The monoisotopic (exact) mass is 391 g/mol. The molecule has 0 bridgehead atoms. The third-order valence-electron chi connectivity index (χ3n) is 5.03. The quantitative estimate of drug-likeness (QED) is 0.783.